The smallest absolute Gasteiger partial charge is 0.410 e. The summed E-state index contributed by atoms with van der Waals surface area (Å²) in [7, 11) is 0. The number of hydrogen-bond acceptors (Lipinski definition) is 5. The molecule has 124 valence electrons. The number of amides is 1. The molecule has 1 amide bonds. The molecule has 2 unspecified atom stereocenters. The summed E-state index contributed by atoms with van der Waals surface area (Å²) < 4.78 is 5.47. The number of likely N-dealkylation sites (tertiary alicyclic amines) is 1. The van der Waals surface area contributed by atoms with E-state index in [9.17, 15) is 4.79 Å². The van der Waals surface area contributed by atoms with E-state index in [1.165, 1.54) is 0 Å². The lowest BCUT2D eigenvalue weighted by Crippen LogP contribution is -2.49. The quantitative estimate of drug-likeness (QED) is 0.924. The van der Waals surface area contributed by atoms with Crippen molar-refractivity contribution in [2.45, 2.75) is 65.1 Å². The fourth-order valence-corrected chi connectivity index (χ4v) is 3.33. The van der Waals surface area contributed by atoms with E-state index in [0.717, 1.165) is 30.1 Å². The van der Waals surface area contributed by atoms with Gasteiger partial charge < -0.3 is 15.0 Å². The highest BCUT2D eigenvalue weighted by Gasteiger charge is 2.28. The van der Waals surface area contributed by atoms with Crippen LogP contribution in [0.4, 0.5) is 4.79 Å². The fourth-order valence-electron chi connectivity index (χ4n) is 2.62. The van der Waals surface area contributed by atoms with Crippen molar-refractivity contribution in [3.05, 3.63) is 16.1 Å². The third-order valence-corrected chi connectivity index (χ3v) is 4.43. The molecule has 1 N–H and O–H groups in total. The molecule has 1 aromatic heterocycles. The second-order valence-electron chi connectivity index (χ2n) is 6.95. The topological polar surface area (TPSA) is 54.5 Å². The van der Waals surface area contributed by atoms with E-state index in [1.54, 1.807) is 11.3 Å². The summed E-state index contributed by atoms with van der Waals surface area (Å²) in [4.78, 5) is 18.5. The van der Waals surface area contributed by atoms with Crippen LogP contribution in [0.25, 0.3) is 0 Å². The molecule has 0 spiro atoms. The predicted molar refractivity (Wildman–Crippen MR) is 89.2 cm³/mol. The zero-order chi connectivity index (χ0) is 16.3. The van der Waals surface area contributed by atoms with E-state index >= 15 is 0 Å². The first-order chi connectivity index (χ1) is 10.2. The third-order valence-electron chi connectivity index (χ3n) is 3.64. The Labute approximate surface area is 137 Å². The zero-order valence-electron chi connectivity index (χ0n) is 14.2. The maximum atomic E-state index is 12.2. The van der Waals surface area contributed by atoms with Crippen LogP contribution in [-0.4, -0.2) is 40.7 Å². The lowest BCUT2D eigenvalue weighted by Gasteiger charge is -2.35. The van der Waals surface area contributed by atoms with Gasteiger partial charge in [-0.2, -0.15) is 0 Å². The van der Waals surface area contributed by atoms with Crippen LogP contribution in [0.2, 0.25) is 0 Å². The summed E-state index contributed by atoms with van der Waals surface area (Å²) in [5.74, 6) is 0. The van der Waals surface area contributed by atoms with Gasteiger partial charge in [0.25, 0.3) is 0 Å². The Balaban J connectivity index is 1.89. The molecule has 0 saturated carbocycles. The number of piperidine rings is 1. The Kier molecular flexibility index (Phi) is 5.45. The minimum absolute atomic E-state index is 0.202. The Morgan fingerprint density at radius 2 is 2.27 bits per heavy atom. The minimum atomic E-state index is -0.442. The van der Waals surface area contributed by atoms with E-state index in [1.807, 2.05) is 32.6 Å². The average Bonchev–Trinajstić information content (AvgIpc) is 2.84. The van der Waals surface area contributed by atoms with Gasteiger partial charge in [-0.3, -0.25) is 0 Å². The minimum Gasteiger partial charge on any atom is -0.444 e. The number of aryl methyl sites for hydroxylation is 1. The summed E-state index contributed by atoms with van der Waals surface area (Å²) in [5.41, 5.74) is 0.639. The summed E-state index contributed by atoms with van der Waals surface area (Å²) >= 11 is 1.67. The number of nitrogens with one attached hydrogen (secondary N) is 1. The van der Waals surface area contributed by atoms with Gasteiger partial charge in [-0.05, 0) is 47.5 Å². The van der Waals surface area contributed by atoms with Gasteiger partial charge in [0.05, 0.1) is 10.7 Å². The van der Waals surface area contributed by atoms with Crippen molar-refractivity contribution in [1.29, 1.82) is 0 Å². The fraction of sp³-hybridized carbons (Fsp3) is 0.750. The second-order valence-corrected chi connectivity index (χ2v) is 8.01. The normalized spacial score (nSPS) is 20.8. The highest BCUT2D eigenvalue weighted by molar-refractivity contribution is 7.09. The van der Waals surface area contributed by atoms with Gasteiger partial charge in [-0.25, -0.2) is 9.78 Å². The lowest BCUT2D eigenvalue weighted by molar-refractivity contribution is 0.0184. The van der Waals surface area contributed by atoms with Crippen LogP contribution in [0, 0.1) is 6.92 Å². The number of hydrogen-bond donors (Lipinski definition) is 1. The van der Waals surface area contributed by atoms with Crippen molar-refractivity contribution >= 4 is 17.4 Å². The molecule has 2 rings (SSSR count). The summed E-state index contributed by atoms with van der Waals surface area (Å²) in [6.07, 6.45) is 1.86. The second kappa shape index (κ2) is 6.96. The molecule has 1 aromatic rings. The van der Waals surface area contributed by atoms with Crippen LogP contribution in [0.1, 0.15) is 57.3 Å². The molecule has 0 bridgehead atoms. The molecule has 2 heterocycles. The van der Waals surface area contributed by atoms with Crippen molar-refractivity contribution in [3.63, 3.8) is 0 Å². The van der Waals surface area contributed by atoms with Gasteiger partial charge in [-0.1, -0.05) is 0 Å². The Morgan fingerprint density at radius 3 is 2.86 bits per heavy atom. The first kappa shape index (κ1) is 17.2. The largest absolute Gasteiger partial charge is 0.444 e. The number of rotatable bonds is 3. The number of thiazole rings is 1. The molecule has 5 nitrogen and oxygen atoms in total. The summed E-state index contributed by atoms with van der Waals surface area (Å²) in [6, 6.07) is 0.492. The van der Waals surface area contributed by atoms with Crippen molar-refractivity contribution in [3.8, 4) is 0 Å². The standard InChI is InChI=1S/C16H27N3O2S/c1-11(14-10-22-12(2)18-14)17-13-7-6-8-19(9-13)15(20)21-16(3,4)5/h10-11,13,17H,6-9H2,1-5H3. The van der Waals surface area contributed by atoms with Crippen LogP contribution in [0.3, 0.4) is 0 Å². The van der Waals surface area contributed by atoms with Crippen LogP contribution < -0.4 is 5.32 Å². The van der Waals surface area contributed by atoms with E-state index < -0.39 is 5.60 Å². The number of carbonyl (C=O) groups is 1. The maximum Gasteiger partial charge on any atom is 0.410 e. The SMILES string of the molecule is Cc1nc(C(C)NC2CCCN(C(=O)OC(C)(C)C)C2)cs1. The van der Waals surface area contributed by atoms with Gasteiger partial charge in [0.1, 0.15) is 5.60 Å². The van der Waals surface area contributed by atoms with Gasteiger partial charge in [-0.15, -0.1) is 11.3 Å². The molecular formula is C16H27N3O2S. The Bertz CT molecular complexity index is 510. The molecule has 22 heavy (non-hydrogen) atoms. The molecule has 1 fully saturated rings. The van der Waals surface area contributed by atoms with Crippen LogP contribution in [0.5, 0.6) is 0 Å². The van der Waals surface area contributed by atoms with Crippen molar-refractivity contribution in [2.75, 3.05) is 13.1 Å². The number of carbonyl (C=O) groups excluding carboxylic acids is 1. The maximum absolute atomic E-state index is 12.2. The Hall–Kier alpha value is -1.14. The van der Waals surface area contributed by atoms with Crippen molar-refractivity contribution in [2.24, 2.45) is 0 Å². The predicted octanol–water partition coefficient (Wildman–Crippen LogP) is 3.50. The molecule has 6 heteroatoms. The Morgan fingerprint density at radius 1 is 1.55 bits per heavy atom. The number of ether oxygens (including phenoxy) is 1. The van der Waals surface area contributed by atoms with E-state index in [0.29, 0.717) is 12.6 Å². The average molecular weight is 325 g/mol. The molecule has 0 aromatic carbocycles. The number of nitrogens with zero attached hydrogens (tertiary/aromatic N) is 2. The summed E-state index contributed by atoms with van der Waals surface area (Å²) in [5, 5.41) is 6.78. The van der Waals surface area contributed by atoms with Crippen LogP contribution in [0.15, 0.2) is 5.38 Å². The highest BCUT2D eigenvalue weighted by Crippen LogP contribution is 2.20. The molecule has 0 aliphatic carbocycles. The summed E-state index contributed by atoms with van der Waals surface area (Å²) in [6.45, 7) is 11.3. The third kappa shape index (κ3) is 4.95. The van der Waals surface area contributed by atoms with Gasteiger partial charge >= 0.3 is 6.09 Å². The van der Waals surface area contributed by atoms with E-state index in [2.05, 4.69) is 22.6 Å². The molecular weight excluding hydrogens is 298 g/mol. The number of aromatic nitrogens is 1. The van der Waals surface area contributed by atoms with Crippen molar-refractivity contribution < 1.29 is 9.53 Å². The first-order valence-corrected chi connectivity index (χ1v) is 8.78. The highest BCUT2D eigenvalue weighted by atomic mass is 32.1. The monoisotopic (exact) mass is 325 g/mol. The molecule has 0 radical (unpaired) electrons. The van der Waals surface area contributed by atoms with Crippen LogP contribution in [-0.2, 0) is 4.74 Å². The van der Waals surface area contributed by atoms with Crippen molar-refractivity contribution in [1.82, 2.24) is 15.2 Å². The molecule has 1 saturated heterocycles. The first-order valence-electron chi connectivity index (χ1n) is 7.90. The lowest BCUT2D eigenvalue weighted by atomic mass is 10.0. The van der Waals surface area contributed by atoms with Gasteiger partial charge in [0.15, 0.2) is 0 Å². The van der Waals surface area contributed by atoms with Gasteiger partial charge in [0.2, 0.25) is 0 Å². The van der Waals surface area contributed by atoms with E-state index in [4.69, 9.17) is 4.74 Å². The van der Waals surface area contributed by atoms with E-state index in [-0.39, 0.29) is 12.1 Å². The molecule has 2 atom stereocenters. The zero-order valence-corrected chi connectivity index (χ0v) is 15.0. The molecule has 1 aliphatic rings. The van der Waals surface area contributed by atoms with Crippen LogP contribution >= 0.6 is 11.3 Å². The van der Waals surface area contributed by atoms with Gasteiger partial charge in [0, 0.05) is 30.6 Å². The molecule has 1 aliphatic heterocycles.